The Morgan fingerprint density at radius 1 is 0.307 bits per heavy atom. The topological polar surface area (TPSA) is 237 Å². The van der Waals surface area contributed by atoms with Crippen molar-refractivity contribution in [2.75, 3.05) is 39.6 Å². The molecule has 0 aliphatic heterocycles. The molecule has 0 amide bonds. The molecule has 19 heteroatoms. The van der Waals surface area contributed by atoms with Gasteiger partial charge in [0.05, 0.1) is 26.4 Å². The molecule has 0 radical (unpaired) electrons. The van der Waals surface area contributed by atoms with Crippen molar-refractivity contribution in [2.24, 2.45) is 17.8 Å². The molecule has 0 fully saturated rings. The zero-order valence-corrected chi connectivity index (χ0v) is 59.0. The van der Waals surface area contributed by atoms with E-state index in [1.54, 1.807) is 0 Å². The molecule has 0 heterocycles. The minimum atomic E-state index is -4.95. The van der Waals surface area contributed by atoms with Crippen LogP contribution in [0.2, 0.25) is 0 Å². The van der Waals surface area contributed by atoms with Crippen LogP contribution in [0, 0.1) is 17.8 Å². The maximum Gasteiger partial charge on any atom is 0.472 e. The minimum absolute atomic E-state index is 0.103. The molecule has 0 aromatic carbocycles. The zero-order valence-electron chi connectivity index (χ0n) is 57.2. The first-order valence-electron chi connectivity index (χ1n) is 35.8. The third kappa shape index (κ3) is 62.8. The van der Waals surface area contributed by atoms with Crippen LogP contribution in [-0.4, -0.2) is 96.7 Å². The second-order valence-electron chi connectivity index (χ2n) is 26.3. The van der Waals surface area contributed by atoms with Gasteiger partial charge in [-0.2, -0.15) is 0 Å². The number of carbonyl (C=O) groups excluding carboxylic acids is 4. The Kier molecular flexibility index (Phi) is 58.7. The lowest BCUT2D eigenvalue weighted by Crippen LogP contribution is -2.30. The summed E-state index contributed by atoms with van der Waals surface area (Å²) in [5.74, 6) is 0.103. The number of aliphatic hydroxyl groups excluding tert-OH is 1. The summed E-state index contributed by atoms with van der Waals surface area (Å²) in [6, 6.07) is 0. The first-order chi connectivity index (χ1) is 42.2. The summed E-state index contributed by atoms with van der Waals surface area (Å²) in [7, 11) is -9.90. The first kappa shape index (κ1) is 86.1. The number of rotatable bonds is 67. The summed E-state index contributed by atoms with van der Waals surface area (Å²) >= 11 is 0. The molecule has 5 atom stereocenters. The molecule has 0 aliphatic carbocycles. The van der Waals surface area contributed by atoms with Gasteiger partial charge in [-0.1, -0.05) is 292 Å². The highest BCUT2D eigenvalue weighted by Gasteiger charge is 2.30. The Bertz CT molecular complexity index is 1730. The molecule has 3 N–H and O–H groups in total. The van der Waals surface area contributed by atoms with Crippen molar-refractivity contribution in [2.45, 2.75) is 362 Å². The largest absolute Gasteiger partial charge is 0.472 e. The molecule has 2 unspecified atom stereocenters. The van der Waals surface area contributed by atoms with Crippen molar-refractivity contribution in [1.82, 2.24) is 0 Å². The van der Waals surface area contributed by atoms with Crippen LogP contribution in [0.1, 0.15) is 344 Å². The predicted octanol–water partition coefficient (Wildman–Crippen LogP) is 19.5. The number of hydrogen-bond acceptors (Lipinski definition) is 15. The lowest BCUT2D eigenvalue weighted by molar-refractivity contribution is -0.161. The van der Waals surface area contributed by atoms with Gasteiger partial charge in [0.15, 0.2) is 12.2 Å². The number of esters is 4. The summed E-state index contributed by atoms with van der Waals surface area (Å²) in [5, 5.41) is 10.6. The normalized spacial score (nSPS) is 14.2. The van der Waals surface area contributed by atoms with Gasteiger partial charge in [0, 0.05) is 25.7 Å². The Morgan fingerprint density at radius 2 is 0.523 bits per heavy atom. The fourth-order valence-corrected chi connectivity index (χ4v) is 11.9. The molecule has 0 bridgehead atoms. The van der Waals surface area contributed by atoms with Crippen LogP contribution in [0.3, 0.4) is 0 Å². The maximum absolute atomic E-state index is 13.0. The van der Waals surface area contributed by atoms with E-state index >= 15 is 0 Å². The molecular formula is C69H134O17P2. The van der Waals surface area contributed by atoms with E-state index in [9.17, 15) is 43.2 Å². The number of unbranched alkanes of at least 4 members (excludes halogenated alkanes) is 35. The van der Waals surface area contributed by atoms with Crippen LogP contribution < -0.4 is 0 Å². The highest BCUT2D eigenvalue weighted by Crippen LogP contribution is 2.45. The van der Waals surface area contributed by atoms with E-state index in [1.807, 2.05) is 0 Å². The number of ether oxygens (including phenoxy) is 4. The van der Waals surface area contributed by atoms with E-state index in [1.165, 1.54) is 154 Å². The van der Waals surface area contributed by atoms with E-state index in [0.29, 0.717) is 31.6 Å². The van der Waals surface area contributed by atoms with E-state index < -0.39 is 97.5 Å². The number of phosphoric acid groups is 2. The average Bonchev–Trinajstić information content (AvgIpc) is 3.69. The van der Waals surface area contributed by atoms with Crippen molar-refractivity contribution in [1.29, 1.82) is 0 Å². The molecule has 0 aliphatic rings. The Hall–Kier alpha value is -1.94. The van der Waals surface area contributed by atoms with Crippen LogP contribution >= 0.6 is 15.6 Å². The van der Waals surface area contributed by atoms with Crippen molar-refractivity contribution in [3.8, 4) is 0 Å². The quantitative estimate of drug-likeness (QED) is 0.0222. The first-order valence-corrected chi connectivity index (χ1v) is 38.8. The lowest BCUT2D eigenvalue weighted by Gasteiger charge is -2.21. The van der Waals surface area contributed by atoms with Crippen molar-refractivity contribution < 1.29 is 80.2 Å². The third-order valence-corrected chi connectivity index (χ3v) is 17.8. The number of hydrogen-bond donors (Lipinski definition) is 3. The molecule has 0 aromatic rings. The monoisotopic (exact) mass is 1300 g/mol. The van der Waals surface area contributed by atoms with Crippen molar-refractivity contribution in [3.05, 3.63) is 0 Å². The van der Waals surface area contributed by atoms with E-state index in [-0.39, 0.29) is 25.7 Å². The highest BCUT2D eigenvalue weighted by molar-refractivity contribution is 7.47. The molecule has 88 heavy (non-hydrogen) atoms. The summed E-state index contributed by atoms with van der Waals surface area (Å²) in [4.78, 5) is 72.5. The Labute approximate surface area is 537 Å². The number of aliphatic hydroxyl groups is 1. The minimum Gasteiger partial charge on any atom is -0.462 e. The number of carbonyl (C=O) groups is 4. The van der Waals surface area contributed by atoms with Crippen molar-refractivity contribution >= 4 is 39.5 Å². The molecule has 17 nitrogen and oxygen atoms in total. The van der Waals surface area contributed by atoms with Gasteiger partial charge in [-0.15, -0.1) is 0 Å². The van der Waals surface area contributed by atoms with E-state index in [4.69, 9.17) is 37.0 Å². The fourth-order valence-electron chi connectivity index (χ4n) is 10.4. The molecule has 0 saturated carbocycles. The summed E-state index contributed by atoms with van der Waals surface area (Å²) < 4.78 is 68.2. The van der Waals surface area contributed by atoms with Crippen LogP contribution in [0.25, 0.3) is 0 Å². The van der Waals surface area contributed by atoms with Gasteiger partial charge in [0.2, 0.25) is 0 Å². The Balaban J connectivity index is 5.24. The second kappa shape index (κ2) is 60.0. The van der Waals surface area contributed by atoms with E-state index in [2.05, 4.69) is 48.5 Å². The van der Waals surface area contributed by atoms with Gasteiger partial charge in [-0.05, 0) is 43.4 Å². The van der Waals surface area contributed by atoms with Crippen LogP contribution in [0.4, 0.5) is 0 Å². The highest BCUT2D eigenvalue weighted by atomic mass is 31.2. The summed E-state index contributed by atoms with van der Waals surface area (Å²) in [6.45, 7) is 11.8. The predicted molar refractivity (Wildman–Crippen MR) is 354 cm³/mol. The molecule has 0 rings (SSSR count). The van der Waals surface area contributed by atoms with Crippen molar-refractivity contribution in [3.63, 3.8) is 0 Å². The lowest BCUT2D eigenvalue weighted by atomic mass is 10.0. The Morgan fingerprint density at radius 3 is 0.773 bits per heavy atom. The van der Waals surface area contributed by atoms with Gasteiger partial charge < -0.3 is 33.8 Å². The summed E-state index contributed by atoms with van der Waals surface area (Å²) in [5.41, 5.74) is 0. The smallest absolute Gasteiger partial charge is 0.462 e. The van der Waals surface area contributed by atoms with Gasteiger partial charge >= 0.3 is 39.5 Å². The molecule has 522 valence electrons. The van der Waals surface area contributed by atoms with Gasteiger partial charge in [-0.3, -0.25) is 37.3 Å². The fraction of sp³-hybridized carbons (Fsp3) is 0.942. The average molecular weight is 1300 g/mol. The number of phosphoric ester groups is 2. The standard InChI is InChI=1S/C69H134O17P2/c1-8-9-10-11-12-13-22-29-36-43-50-66(71)79-57-65(86-69(74)53-46-39-32-25-28-35-42-49-62(6)7)59-84-88(77,78)82-55-63(70)54-81-87(75,76)83-58-64(85-68(73)52-45-38-31-24-19-15-17-21-27-34-41-48-61(4)5)56-80-67(72)51-44-37-30-23-18-14-16-20-26-33-40-47-60(2)3/h60-65,70H,8-59H2,1-7H3,(H,75,76)(H,77,78)/t63-,64-,65-/m1/s1. The van der Waals surface area contributed by atoms with Crippen LogP contribution in [0.15, 0.2) is 0 Å². The van der Waals surface area contributed by atoms with Gasteiger partial charge in [0.1, 0.15) is 19.3 Å². The van der Waals surface area contributed by atoms with Crippen LogP contribution in [-0.2, 0) is 65.4 Å². The van der Waals surface area contributed by atoms with E-state index in [0.717, 1.165) is 102 Å². The molecular weight excluding hydrogens is 1160 g/mol. The summed E-state index contributed by atoms with van der Waals surface area (Å²) in [6.07, 6.45) is 43.1. The SMILES string of the molecule is CCCCCCCCCCCCC(=O)OC[C@H](COP(=O)(O)OC[C@H](O)COP(=O)(O)OC[C@@H](COC(=O)CCCCCCCCCCCCCC(C)C)OC(=O)CCCCCCCCCCCCCC(C)C)OC(=O)CCCCCCCCCC(C)C. The van der Waals surface area contributed by atoms with Gasteiger partial charge in [0.25, 0.3) is 0 Å². The molecule has 0 aromatic heterocycles. The maximum atomic E-state index is 13.0. The van der Waals surface area contributed by atoms with Crippen LogP contribution in [0.5, 0.6) is 0 Å². The second-order valence-corrected chi connectivity index (χ2v) is 29.3. The molecule has 0 saturated heterocycles. The van der Waals surface area contributed by atoms with Gasteiger partial charge in [-0.25, -0.2) is 9.13 Å². The molecule has 0 spiro atoms. The zero-order chi connectivity index (χ0) is 65.2. The third-order valence-electron chi connectivity index (χ3n) is 15.9.